The number of likely N-dealkylation sites (N-methyl/N-ethyl adjacent to an activating group) is 1. The molecule has 1 rings (SSSR count). The molecule has 21 heavy (non-hydrogen) atoms. The number of ether oxygens (including phenoxy) is 1. The fourth-order valence-electron chi connectivity index (χ4n) is 1.52. The predicted octanol–water partition coefficient (Wildman–Crippen LogP) is 2.52. The Morgan fingerprint density at radius 1 is 1.33 bits per heavy atom. The van der Waals surface area contributed by atoms with Crippen molar-refractivity contribution in [2.75, 3.05) is 33.1 Å². The summed E-state index contributed by atoms with van der Waals surface area (Å²) >= 11 is 0. The van der Waals surface area contributed by atoms with E-state index in [2.05, 4.69) is 29.1 Å². The monoisotopic (exact) mass is 406 g/mol. The van der Waals surface area contributed by atoms with Gasteiger partial charge in [-0.15, -0.1) is 24.0 Å². The van der Waals surface area contributed by atoms with Gasteiger partial charge in [-0.3, -0.25) is 4.99 Å². The van der Waals surface area contributed by atoms with Crippen molar-refractivity contribution in [1.82, 2.24) is 4.90 Å². The van der Waals surface area contributed by atoms with Gasteiger partial charge in [0, 0.05) is 23.9 Å². The number of methoxy groups -OCH3 is 1. The van der Waals surface area contributed by atoms with E-state index in [1.165, 1.54) is 0 Å². The van der Waals surface area contributed by atoms with Crippen molar-refractivity contribution in [3.8, 4) is 0 Å². The Morgan fingerprint density at radius 3 is 2.52 bits per heavy atom. The molecule has 6 heteroatoms. The minimum atomic E-state index is -0.0294. The third kappa shape index (κ3) is 6.62. The molecule has 0 bridgehead atoms. The van der Waals surface area contributed by atoms with Gasteiger partial charge in [-0.05, 0) is 34.0 Å². The average Bonchev–Trinajstić information content (AvgIpc) is 2.39. The summed E-state index contributed by atoms with van der Waals surface area (Å²) in [6.45, 7) is 5.43. The van der Waals surface area contributed by atoms with Crippen LogP contribution in [0.2, 0.25) is 0 Å². The Kier molecular flexibility index (Phi) is 8.84. The van der Waals surface area contributed by atoms with Crippen molar-refractivity contribution in [3.05, 3.63) is 29.8 Å². The number of para-hydroxylation sites is 1. The van der Waals surface area contributed by atoms with Gasteiger partial charge in [0.25, 0.3) is 0 Å². The number of hydrogen-bond acceptors (Lipinski definition) is 3. The number of rotatable bonds is 6. The molecule has 0 heterocycles. The molecular formula is C15H27IN4O. The number of benzene rings is 1. The number of guanidine groups is 1. The van der Waals surface area contributed by atoms with Gasteiger partial charge in [0.2, 0.25) is 0 Å². The zero-order valence-electron chi connectivity index (χ0n) is 13.5. The van der Waals surface area contributed by atoms with Gasteiger partial charge in [0.1, 0.15) is 0 Å². The molecule has 0 radical (unpaired) electrons. The van der Waals surface area contributed by atoms with E-state index < -0.39 is 0 Å². The van der Waals surface area contributed by atoms with Crippen LogP contribution in [0.15, 0.2) is 29.3 Å². The maximum atomic E-state index is 5.96. The lowest BCUT2D eigenvalue weighted by atomic mass is 10.1. The Bertz CT molecular complexity index is 461. The van der Waals surface area contributed by atoms with Crippen molar-refractivity contribution < 1.29 is 4.74 Å². The van der Waals surface area contributed by atoms with Crippen LogP contribution in [0.4, 0.5) is 5.69 Å². The van der Waals surface area contributed by atoms with Crippen molar-refractivity contribution in [2.45, 2.75) is 26.0 Å². The first kappa shape index (κ1) is 20.1. The molecule has 1 aromatic carbocycles. The number of nitrogens with two attached hydrogens (primary N) is 1. The van der Waals surface area contributed by atoms with Crippen LogP contribution in [0.1, 0.15) is 19.4 Å². The second-order valence-electron chi connectivity index (χ2n) is 5.62. The quantitative estimate of drug-likeness (QED) is 0.433. The van der Waals surface area contributed by atoms with Gasteiger partial charge in [0.15, 0.2) is 5.96 Å². The maximum Gasteiger partial charge on any atom is 0.193 e. The molecular weight excluding hydrogens is 379 g/mol. The summed E-state index contributed by atoms with van der Waals surface area (Å²) in [4.78, 5) is 6.54. The average molecular weight is 406 g/mol. The lowest BCUT2D eigenvalue weighted by Crippen LogP contribution is -2.41. The highest BCUT2D eigenvalue weighted by molar-refractivity contribution is 14.0. The van der Waals surface area contributed by atoms with Crippen molar-refractivity contribution >= 4 is 35.6 Å². The predicted molar refractivity (Wildman–Crippen MR) is 100 cm³/mol. The summed E-state index contributed by atoms with van der Waals surface area (Å²) in [5, 5.41) is 3.14. The Hall–Kier alpha value is -0.860. The van der Waals surface area contributed by atoms with E-state index >= 15 is 0 Å². The molecule has 0 aromatic heterocycles. The van der Waals surface area contributed by atoms with E-state index in [0.717, 1.165) is 11.3 Å². The number of hydrogen-bond donors (Lipinski definition) is 2. The molecule has 120 valence electrons. The summed E-state index contributed by atoms with van der Waals surface area (Å²) in [6, 6.07) is 7.90. The number of nitrogens with zero attached hydrogens (tertiary/aromatic N) is 2. The first-order valence-electron chi connectivity index (χ1n) is 6.68. The van der Waals surface area contributed by atoms with Gasteiger partial charge in [0.05, 0.1) is 13.2 Å². The SMILES string of the molecule is COCc1ccccc1NC(N)=NCC(C)(C)N(C)C.I. The van der Waals surface area contributed by atoms with Gasteiger partial charge >= 0.3 is 0 Å². The minimum Gasteiger partial charge on any atom is -0.380 e. The van der Waals surface area contributed by atoms with Crippen LogP contribution in [0.3, 0.4) is 0 Å². The molecule has 0 unspecified atom stereocenters. The number of aliphatic imine (C=N–C) groups is 1. The van der Waals surface area contributed by atoms with E-state index in [4.69, 9.17) is 10.5 Å². The molecule has 0 saturated carbocycles. The number of anilines is 1. The van der Waals surface area contributed by atoms with Crippen LogP contribution >= 0.6 is 24.0 Å². The van der Waals surface area contributed by atoms with Crippen molar-refractivity contribution in [1.29, 1.82) is 0 Å². The van der Waals surface area contributed by atoms with E-state index in [1.807, 2.05) is 38.4 Å². The topological polar surface area (TPSA) is 62.9 Å². The molecule has 0 aliphatic rings. The highest BCUT2D eigenvalue weighted by Crippen LogP contribution is 2.16. The van der Waals surface area contributed by atoms with E-state index in [1.54, 1.807) is 7.11 Å². The molecule has 3 N–H and O–H groups in total. The fourth-order valence-corrected chi connectivity index (χ4v) is 1.52. The van der Waals surface area contributed by atoms with Crippen LogP contribution in [0.5, 0.6) is 0 Å². The lowest BCUT2D eigenvalue weighted by molar-refractivity contribution is 0.185. The molecule has 0 fully saturated rings. The largest absolute Gasteiger partial charge is 0.380 e. The zero-order valence-corrected chi connectivity index (χ0v) is 15.8. The summed E-state index contributed by atoms with van der Waals surface area (Å²) < 4.78 is 5.17. The Balaban J connectivity index is 0.00000400. The highest BCUT2D eigenvalue weighted by atomic mass is 127. The molecule has 0 spiro atoms. The van der Waals surface area contributed by atoms with Gasteiger partial charge in [-0.1, -0.05) is 18.2 Å². The summed E-state index contributed by atoms with van der Waals surface area (Å²) in [5.41, 5.74) is 7.91. The van der Waals surface area contributed by atoms with Gasteiger partial charge in [-0.25, -0.2) is 0 Å². The van der Waals surface area contributed by atoms with Gasteiger partial charge < -0.3 is 20.7 Å². The summed E-state index contributed by atoms with van der Waals surface area (Å²) in [7, 11) is 5.74. The van der Waals surface area contributed by atoms with E-state index in [0.29, 0.717) is 19.1 Å². The molecule has 1 aromatic rings. The molecule has 0 saturated heterocycles. The van der Waals surface area contributed by atoms with E-state index in [-0.39, 0.29) is 29.5 Å². The molecule has 0 atom stereocenters. The first-order valence-corrected chi connectivity index (χ1v) is 6.68. The third-order valence-corrected chi connectivity index (χ3v) is 3.43. The standard InChI is InChI=1S/C15H26N4O.HI/c1-15(2,19(3)4)11-17-14(16)18-13-9-7-6-8-12(13)10-20-5;/h6-9H,10-11H2,1-5H3,(H3,16,17,18);1H. The van der Waals surface area contributed by atoms with Crippen LogP contribution in [0.25, 0.3) is 0 Å². The lowest BCUT2D eigenvalue weighted by Gasteiger charge is -2.30. The number of nitrogens with one attached hydrogen (secondary N) is 1. The molecule has 5 nitrogen and oxygen atoms in total. The molecule has 0 aliphatic heterocycles. The normalized spacial score (nSPS) is 12.2. The van der Waals surface area contributed by atoms with Crippen molar-refractivity contribution in [2.24, 2.45) is 10.7 Å². The molecule has 0 aliphatic carbocycles. The second-order valence-corrected chi connectivity index (χ2v) is 5.62. The number of halogens is 1. The molecule has 0 amide bonds. The van der Waals surface area contributed by atoms with Crippen LogP contribution in [-0.2, 0) is 11.3 Å². The third-order valence-electron chi connectivity index (χ3n) is 3.43. The Morgan fingerprint density at radius 2 is 1.95 bits per heavy atom. The van der Waals surface area contributed by atoms with Crippen LogP contribution < -0.4 is 11.1 Å². The van der Waals surface area contributed by atoms with Gasteiger partial charge in [-0.2, -0.15) is 0 Å². The van der Waals surface area contributed by atoms with E-state index in [9.17, 15) is 0 Å². The second kappa shape index (κ2) is 9.22. The highest BCUT2D eigenvalue weighted by Gasteiger charge is 2.19. The fraction of sp³-hybridized carbons (Fsp3) is 0.533. The van der Waals surface area contributed by atoms with Crippen molar-refractivity contribution in [3.63, 3.8) is 0 Å². The first-order chi connectivity index (χ1) is 9.36. The Labute approximate surface area is 145 Å². The van der Waals surface area contributed by atoms with Crippen LogP contribution in [-0.4, -0.2) is 44.1 Å². The zero-order chi connectivity index (χ0) is 15.2. The van der Waals surface area contributed by atoms with Crippen LogP contribution in [0, 0.1) is 0 Å². The summed E-state index contributed by atoms with van der Waals surface area (Å²) in [6.07, 6.45) is 0. The maximum absolute atomic E-state index is 5.96. The smallest absolute Gasteiger partial charge is 0.193 e. The summed E-state index contributed by atoms with van der Waals surface area (Å²) in [5.74, 6) is 0.420. The minimum absolute atomic E-state index is 0.